The lowest BCUT2D eigenvalue weighted by Crippen LogP contribution is -2.37. The summed E-state index contributed by atoms with van der Waals surface area (Å²) in [6, 6.07) is -0.202. The van der Waals surface area contributed by atoms with Crippen LogP contribution in [0, 0.1) is 0 Å². The molecular weight excluding hydrogens is 226 g/mol. The molecule has 0 saturated heterocycles. The molecule has 1 heterocycles. The summed E-state index contributed by atoms with van der Waals surface area (Å²) in [7, 11) is 0. The molecule has 0 spiro atoms. The molecule has 0 radical (unpaired) electrons. The molecule has 0 fully saturated rings. The Labute approximate surface area is 98.7 Å². The Kier molecular flexibility index (Phi) is 5.37. The second-order valence-corrected chi connectivity index (χ2v) is 4.37. The van der Waals surface area contributed by atoms with Crippen molar-refractivity contribution in [2.24, 2.45) is 5.73 Å². The van der Waals surface area contributed by atoms with Gasteiger partial charge in [-0.2, -0.15) is 0 Å². The van der Waals surface area contributed by atoms with Crippen LogP contribution in [-0.2, 0) is 6.42 Å². The predicted molar refractivity (Wildman–Crippen MR) is 63.5 cm³/mol. The van der Waals surface area contributed by atoms with Crippen LogP contribution in [0.5, 0.6) is 0 Å². The van der Waals surface area contributed by atoms with Gasteiger partial charge in [0.1, 0.15) is 5.69 Å². The Morgan fingerprint density at radius 1 is 1.75 bits per heavy atom. The Hall–Kier alpha value is -0.980. The summed E-state index contributed by atoms with van der Waals surface area (Å²) in [4.78, 5) is 15.8. The minimum absolute atomic E-state index is 0.0535. The Morgan fingerprint density at radius 2 is 2.50 bits per heavy atom. The lowest BCUT2D eigenvalue weighted by Gasteiger charge is -2.12. The Morgan fingerprint density at radius 3 is 3.06 bits per heavy atom. The summed E-state index contributed by atoms with van der Waals surface area (Å²) in [5, 5.41) is 14.3. The number of rotatable bonds is 6. The average Bonchev–Trinajstić information content (AvgIpc) is 2.74. The number of amides is 1. The van der Waals surface area contributed by atoms with Crippen LogP contribution in [0.1, 0.15) is 28.8 Å². The van der Waals surface area contributed by atoms with Crippen molar-refractivity contribution >= 4 is 17.2 Å². The Bertz CT molecular complexity index is 337. The number of carbonyl (C=O) groups is 1. The number of nitrogens with one attached hydrogen (secondary N) is 1. The summed E-state index contributed by atoms with van der Waals surface area (Å²) in [6.45, 7) is 2.38. The summed E-state index contributed by atoms with van der Waals surface area (Å²) in [6.07, 6.45) is 1.39. The van der Waals surface area contributed by atoms with Crippen LogP contribution in [0.3, 0.4) is 0 Å². The molecule has 0 saturated carbocycles. The largest absolute Gasteiger partial charge is 0.394 e. The molecule has 0 aromatic carbocycles. The van der Waals surface area contributed by atoms with E-state index in [4.69, 9.17) is 10.8 Å². The number of aromatic nitrogens is 1. The highest BCUT2D eigenvalue weighted by atomic mass is 32.1. The van der Waals surface area contributed by atoms with E-state index in [0.29, 0.717) is 25.1 Å². The van der Waals surface area contributed by atoms with E-state index in [-0.39, 0.29) is 18.6 Å². The van der Waals surface area contributed by atoms with E-state index in [1.807, 2.05) is 6.92 Å². The number of nitrogens with two attached hydrogens (primary N) is 1. The fourth-order valence-corrected chi connectivity index (χ4v) is 1.98. The van der Waals surface area contributed by atoms with Crippen molar-refractivity contribution in [1.82, 2.24) is 10.3 Å². The molecule has 0 unspecified atom stereocenters. The van der Waals surface area contributed by atoms with E-state index in [1.165, 1.54) is 11.3 Å². The van der Waals surface area contributed by atoms with Gasteiger partial charge in [0, 0.05) is 11.8 Å². The zero-order valence-electron chi connectivity index (χ0n) is 9.27. The quantitative estimate of drug-likeness (QED) is 0.663. The highest BCUT2D eigenvalue weighted by Gasteiger charge is 2.14. The van der Waals surface area contributed by atoms with Crippen LogP contribution < -0.4 is 11.1 Å². The van der Waals surface area contributed by atoms with Gasteiger partial charge in [-0.1, -0.05) is 6.92 Å². The maximum absolute atomic E-state index is 11.7. The van der Waals surface area contributed by atoms with E-state index in [2.05, 4.69) is 10.3 Å². The molecule has 90 valence electrons. The molecule has 1 rings (SSSR count). The van der Waals surface area contributed by atoms with Crippen LogP contribution in [0.2, 0.25) is 0 Å². The van der Waals surface area contributed by atoms with Crippen LogP contribution in [0.4, 0.5) is 0 Å². The molecule has 1 aromatic rings. The van der Waals surface area contributed by atoms with Crippen molar-refractivity contribution in [1.29, 1.82) is 0 Å². The van der Waals surface area contributed by atoms with Gasteiger partial charge in [-0.05, 0) is 13.0 Å². The molecule has 1 atom stereocenters. The molecule has 1 aromatic heterocycles. The molecule has 0 aliphatic heterocycles. The van der Waals surface area contributed by atoms with Crippen LogP contribution in [0.15, 0.2) is 5.38 Å². The monoisotopic (exact) mass is 243 g/mol. The van der Waals surface area contributed by atoms with Gasteiger partial charge >= 0.3 is 0 Å². The third-order valence-corrected chi connectivity index (χ3v) is 3.10. The number of hydrogen-bond donors (Lipinski definition) is 3. The number of aliphatic hydroxyl groups is 1. The van der Waals surface area contributed by atoms with Gasteiger partial charge in [0.25, 0.3) is 5.91 Å². The fraction of sp³-hybridized carbons (Fsp3) is 0.600. The minimum Gasteiger partial charge on any atom is -0.394 e. The van der Waals surface area contributed by atoms with Gasteiger partial charge < -0.3 is 16.2 Å². The third kappa shape index (κ3) is 3.55. The standard InChI is InChI=1S/C10H17N3O2S/c1-2-7(5-14)12-10(15)8-6-16-9(13-8)3-4-11/h6-7,14H,2-5,11H2,1H3,(H,12,15)/t7-/m1/s1. The van der Waals surface area contributed by atoms with Gasteiger partial charge in [0.15, 0.2) is 0 Å². The van der Waals surface area contributed by atoms with E-state index in [1.54, 1.807) is 5.38 Å². The van der Waals surface area contributed by atoms with Crippen LogP contribution in [0.25, 0.3) is 0 Å². The van der Waals surface area contributed by atoms with E-state index < -0.39 is 0 Å². The highest BCUT2D eigenvalue weighted by molar-refractivity contribution is 7.09. The second kappa shape index (κ2) is 6.57. The summed E-state index contributed by atoms with van der Waals surface area (Å²) < 4.78 is 0. The summed E-state index contributed by atoms with van der Waals surface area (Å²) in [5.41, 5.74) is 5.81. The van der Waals surface area contributed by atoms with E-state index in [0.717, 1.165) is 5.01 Å². The van der Waals surface area contributed by atoms with E-state index in [9.17, 15) is 4.79 Å². The van der Waals surface area contributed by atoms with Crippen LogP contribution in [-0.4, -0.2) is 35.2 Å². The van der Waals surface area contributed by atoms with Crippen molar-refractivity contribution in [3.63, 3.8) is 0 Å². The van der Waals surface area contributed by atoms with Crippen molar-refractivity contribution in [2.75, 3.05) is 13.2 Å². The molecule has 16 heavy (non-hydrogen) atoms. The van der Waals surface area contributed by atoms with E-state index >= 15 is 0 Å². The zero-order chi connectivity index (χ0) is 12.0. The first-order valence-corrected chi connectivity index (χ1v) is 6.15. The number of aliphatic hydroxyl groups excluding tert-OH is 1. The number of hydrogen-bond acceptors (Lipinski definition) is 5. The van der Waals surface area contributed by atoms with Crippen molar-refractivity contribution in [3.8, 4) is 0 Å². The van der Waals surface area contributed by atoms with Crippen molar-refractivity contribution in [2.45, 2.75) is 25.8 Å². The first-order chi connectivity index (χ1) is 7.71. The fourth-order valence-electron chi connectivity index (χ4n) is 1.19. The first kappa shape index (κ1) is 13.1. The van der Waals surface area contributed by atoms with Gasteiger partial charge in [-0.3, -0.25) is 4.79 Å². The predicted octanol–water partition coefficient (Wildman–Crippen LogP) is 0.145. The molecular formula is C10H17N3O2S. The summed E-state index contributed by atoms with van der Waals surface area (Å²) >= 11 is 1.43. The normalized spacial score (nSPS) is 12.4. The van der Waals surface area contributed by atoms with Gasteiger partial charge in [-0.25, -0.2) is 4.98 Å². The Balaban J connectivity index is 2.58. The smallest absolute Gasteiger partial charge is 0.271 e. The molecule has 4 N–H and O–H groups in total. The lowest BCUT2D eigenvalue weighted by molar-refractivity contribution is 0.0910. The molecule has 6 heteroatoms. The first-order valence-electron chi connectivity index (χ1n) is 5.27. The molecule has 0 aliphatic carbocycles. The number of carbonyl (C=O) groups excluding carboxylic acids is 1. The minimum atomic E-state index is -0.236. The van der Waals surface area contributed by atoms with Crippen LogP contribution >= 0.6 is 11.3 Å². The number of nitrogens with zero attached hydrogens (tertiary/aromatic N) is 1. The lowest BCUT2D eigenvalue weighted by atomic mass is 10.2. The average molecular weight is 243 g/mol. The maximum atomic E-state index is 11.7. The van der Waals surface area contributed by atoms with Gasteiger partial charge in [0.2, 0.25) is 0 Å². The highest BCUT2D eigenvalue weighted by Crippen LogP contribution is 2.10. The van der Waals surface area contributed by atoms with Crippen molar-refractivity contribution in [3.05, 3.63) is 16.1 Å². The van der Waals surface area contributed by atoms with Gasteiger partial charge in [0.05, 0.1) is 17.7 Å². The molecule has 5 nitrogen and oxygen atoms in total. The van der Waals surface area contributed by atoms with Crippen molar-refractivity contribution < 1.29 is 9.90 Å². The zero-order valence-corrected chi connectivity index (χ0v) is 10.1. The SMILES string of the molecule is CC[C@H](CO)NC(=O)c1csc(CCN)n1. The summed E-state index contributed by atoms with van der Waals surface area (Å²) in [5.74, 6) is -0.236. The second-order valence-electron chi connectivity index (χ2n) is 3.43. The third-order valence-electron chi connectivity index (χ3n) is 2.19. The molecule has 0 aliphatic rings. The number of thiazole rings is 1. The maximum Gasteiger partial charge on any atom is 0.271 e. The molecule has 1 amide bonds. The topological polar surface area (TPSA) is 88.2 Å². The molecule has 0 bridgehead atoms. The van der Waals surface area contributed by atoms with Gasteiger partial charge in [-0.15, -0.1) is 11.3 Å².